The summed E-state index contributed by atoms with van der Waals surface area (Å²) in [7, 11) is 3.32. The summed E-state index contributed by atoms with van der Waals surface area (Å²) in [5.41, 5.74) is 17.7. The number of amides is 2. The lowest BCUT2D eigenvalue weighted by atomic mass is 9.55. The number of hydrogen-bond donors (Lipinski definition) is 6. The molecule has 2 aliphatic heterocycles. The highest BCUT2D eigenvalue weighted by atomic mass is 35.5. The highest BCUT2D eigenvalue weighted by molar-refractivity contribution is 7.54. The number of aliphatic hydroxyl groups excluding tert-OH is 1. The molecule has 2 saturated carbocycles. The van der Waals surface area contributed by atoms with Crippen molar-refractivity contribution < 1.29 is 48.3 Å². The highest BCUT2D eigenvalue weighted by Gasteiger charge is 2.54. The maximum absolute atomic E-state index is 12.9. The minimum atomic E-state index is -2.84. The van der Waals surface area contributed by atoms with Gasteiger partial charge in [0.15, 0.2) is 0 Å². The molecular weight excluding hydrogens is 1820 g/mol. The van der Waals surface area contributed by atoms with Crippen LogP contribution in [0.15, 0.2) is 97.2 Å². The van der Waals surface area contributed by atoms with E-state index in [0.29, 0.717) is 146 Å². The molecule has 2 amide bonds. The van der Waals surface area contributed by atoms with Gasteiger partial charge in [-0.2, -0.15) is 0 Å². The number of aliphatic carboxylic acids is 2. The number of aromatic nitrogens is 1. The number of halogens is 12. The van der Waals surface area contributed by atoms with Crippen molar-refractivity contribution in [2.45, 2.75) is 122 Å². The fourth-order valence-electron chi connectivity index (χ4n) is 16.4. The smallest absolute Gasteiger partial charge is 0.415 e. The predicted molar refractivity (Wildman–Crippen MR) is 511 cm³/mol. The number of H-pyrrole nitrogens is 1. The number of carbonyl (C=O) groups excluding carboxylic acids is 2. The number of aliphatic hydroxyl groups is 1. The van der Waals surface area contributed by atoms with E-state index >= 15 is 0 Å². The largest absolute Gasteiger partial charge is 0.481 e. The molecule has 4 aliphatic carbocycles. The Labute approximate surface area is 779 Å². The van der Waals surface area contributed by atoms with Crippen molar-refractivity contribution in [3.63, 3.8) is 0 Å². The summed E-state index contributed by atoms with van der Waals surface area (Å²) in [5, 5.41) is 32.1. The molecule has 5 aromatic rings. The van der Waals surface area contributed by atoms with Gasteiger partial charge in [0.25, 0.3) is 0 Å². The molecular formula is C87H130Cl12N11O10P. The standard InChI is InChI=1S/C23H31Cl2NO3.C20H25N3O.C14H19Cl2NO2.C13H18Cl2N2O2.C7H15Cl2N2O2P.2C5H11Cl2N/c1-23-9-8-18-17-5-3-16(29-22(28)26(12-10-24)13-11-25)14-15(17)2-4-19(18)20(23)6-7-21(23)27;1-4-23(5-2)20(24)14-9-16-15-7-6-8-17-19(15)13(11-21-17)10-18(16)22(3)12-14;15-8-10-17(11-9-16)13-6-4-12(5-7-13)2-1-3-14(18)19;14-5-7-17(8-6-15)11-3-1-10(2-4-11)9-12(16)13(18)19;8-2-5-11(6-3-9)14(12)10-4-1-7-13-14;2*1-8(4-2-6)5-3-7/h3,5,14,18-21,27H,2,4,6-13H2,1H3;6-9,11,14,18,21H,4-5,10,12H2,1-3H3;4-7H,1-3,8-11H2,(H,18,19);1-4,12H,5-9,16H2,(H,18,19);1-7H2,(H,10,12);2*2-5H2,1H3/t18-,19-,20+,21+,23+;14-,18-;;12-;;;/m11.0.../s1. The maximum Gasteiger partial charge on any atom is 0.415 e. The molecule has 7 N–H and O–H groups in total. The molecule has 121 heavy (non-hydrogen) atoms. The Morgan fingerprint density at radius 2 is 1.20 bits per heavy atom. The molecule has 34 heteroatoms. The summed E-state index contributed by atoms with van der Waals surface area (Å²) in [6, 6.07) is 27.9. The van der Waals surface area contributed by atoms with Gasteiger partial charge >= 0.3 is 25.7 Å². The van der Waals surface area contributed by atoms with Gasteiger partial charge in [-0.25, -0.2) is 14.6 Å². The highest BCUT2D eigenvalue weighted by Crippen LogP contribution is 2.61. The van der Waals surface area contributed by atoms with Gasteiger partial charge in [0.05, 0.1) is 18.6 Å². The number of alkyl halides is 12. The molecule has 11 rings (SSSR count). The SMILES string of the molecule is CCN(CC)C(=O)[C@@H]1C=C2c3cccc4[nH]cc(c34)C[C@H]2N(C)C1.CN(CCCl)CCCl.CN(CCCl)CCCl.C[C@]12CC[C@@H]3c4ccc(OC(=O)N(CCCl)CCCl)cc4CC[C@H]3[C@@H]1CC[C@@H]2O.N[C@@H](Cc1ccc(N(CCCl)CCCl)cc1)C(=O)O.O=C(O)CCCc1ccc(N(CCCl)CCCl)cc1.O=P1(N(CCCl)CCCl)NCCCO1. The van der Waals surface area contributed by atoms with E-state index in [0.717, 1.165) is 159 Å². The molecule has 3 heterocycles. The molecule has 1 aromatic heterocycles. The zero-order valence-electron chi connectivity index (χ0n) is 71.1. The Hall–Kier alpha value is -3.17. The monoisotopic (exact) mass is 1940 g/mol. The number of fused-ring (bicyclic) bond motifs is 7. The minimum absolute atomic E-state index is 0.0445. The number of rotatable bonds is 38. The van der Waals surface area contributed by atoms with Crippen molar-refractivity contribution in [1.29, 1.82) is 0 Å². The van der Waals surface area contributed by atoms with E-state index in [1.54, 1.807) is 9.57 Å². The van der Waals surface area contributed by atoms with Crippen molar-refractivity contribution in [3.05, 3.63) is 131 Å². The Bertz CT molecular complexity index is 3830. The summed E-state index contributed by atoms with van der Waals surface area (Å²) in [4.78, 5) is 64.1. The quantitative estimate of drug-likeness (QED) is 0.0159. The average molecular weight is 1950 g/mol. The number of carboxylic acids is 2. The Morgan fingerprint density at radius 3 is 1.69 bits per heavy atom. The fourth-order valence-corrected chi connectivity index (χ4v) is 21.4. The second kappa shape index (κ2) is 59.1. The molecule has 6 aliphatic rings. The van der Waals surface area contributed by atoms with Crippen molar-refractivity contribution in [2.24, 2.45) is 28.9 Å². The van der Waals surface area contributed by atoms with Gasteiger partial charge in [-0.15, -0.1) is 139 Å². The van der Waals surface area contributed by atoms with Gasteiger partial charge in [0.2, 0.25) is 5.91 Å². The van der Waals surface area contributed by atoms with E-state index in [1.165, 1.54) is 38.7 Å². The molecule has 1 unspecified atom stereocenters. The lowest BCUT2D eigenvalue weighted by Gasteiger charge is -2.50. The van der Waals surface area contributed by atoms with E-state index < -0.39 is 31.7 Å². The van der Waals surface area contributed by atoms with Gasteiger partial charge in [-0.1, -0.05) is 55.5 Å². The third-order valence-corrected chi connectivity index (χ3v) is 27.3. The van der Waals surface area contributed by atoms with Crippen LogP contribution in [-0.4, -0.2) is 295 Å². The lowest BCUT2D eigenvalue weighted by molar-refractivity contribution is -0.139. The molecule has 0 spiro atoms. The lowest BCUT2D eigenvalue weighted by Crippen LogP contribution is -2.47. The second-order valence-electron chi connectivity index (χ2n) is 30.9. The number of nitrogens with two attached hydrogens (primary N) is 1. The summed E-state index contributed by atoms with van der Waals surface area (Å²) >= 11 is 67.7. The number of nitrogens with zero attached hydrogens (tertiary/aromatic N) is 8. The number of carboxylic acid groups (broad SMARTS) is 2. The molecule has 0 radical (unpaired) electrons. The minimum Gasteiger partial charge on any atom is -0.481 e. The summed E-state index contributed by atoms with van der Waals surface area (Å²) in [6.45, 7) is 18.6. The van der Waals surface area contributed by atoms with Crippen LogP contribution in [0.3, 0.4) is 0 Å². The Balaban J connectivity index is 0.000000261. The van der Waals surface area contributed by atoms with Crippen molar-refractivity contribution in [3.8, 4) is 5.75 Å². The molecule has 9 atom stereocenters. The topological polar surface area (TPSA) is 244 Å². The number of ether oxygens (including phenoxy) is 1. The van der Waals surface area contributed by atoms with Gasteiger partial charge in [-0.05, 0) is 210 Å². The molecule has 21 nitrogen and oxygen atoms in total. The van der Waals surface area contributed by atoms with Crippen molar-refractivity contribution >= 4 is 199 Å². The van der Waals surface area contributed by atoms with Crippen LogP contribution in [0.25, 0.3) is 16.5 Å². The van der Waals surface area contributed by atoms with Crippen LogP contribution in [0.2, 0.25) is 0 Å². The Morgan fingerprint density at radius 1 is 0.661 bits per heavy atom. The van der Waals surface area contributed by atoms with Crippen LogP contribution in [0.1, 0.15) is 111 Å². The van der Waals surface area contributed by atoms with E-state index in [4.69, 9.17) is 164 Å². The van der Waals surface area contributed by atoms with Crippen LogP contribution in [0.4, 0.5) is 16.2 Å². The number of benzene rings is 4. The number of nitrogens with one attached hydrogen (secondary N) is 2. The number of aryl methyl sites for hydroxylation is 2. The molecule has 682 valence electrons. The van der Waals surface area contributed by atoms with Gasteiger partial charge in [-0.3, -0.25) is 23.8 Å². The van der Waals surface area contributed by atoms with Crippen LogP contribution < -0.4 is 25.4 Å². The van der Waals surface area contributed by atoms with Crippen molar-refractivity contribution in [2.75, 3.05) is 213 Å². The second-order valence-corrected chi connectivity index (χ2v) is 37.6. The number of anilines is 2. The first-order valence-electron chi connectivity index (χ1n) is 42.0. The average Bonchev–Trinajstić information content (AvgIpc) is 1.68. The van der Waals surface area contributed by atoms with E-state index in [2.05, 4.69) is 98.9 Å². The molecule has 3 fully saturated rings. The number of carbonyl (C=O) groups is 4. The van der Waals surface area contributed by atoms with Crippen molar-refractivity contribution in [1.82, 2.24) is 39.2 Å². The van der Waals surface area contributed by atoms with E-state index in [9.17, 15) is 28.8 Å². The Kier molecular flexibility index (Phi) is 52.9. The maximum atomic E-state index is 12.9. The van der Waals surface area contributed by atoms with Gasteiger partial charge in [0, 0.05) is 216 Å². The first-order chi connectivity index (χ1) is 58.2. The van der Waals surface area contributed by atoms with E-state index in [-0.39, 0.29) is 29.8 Å². The predicted octanol–water partition coefficient (Wildman–Crippen LogP) is 18.1. The van der Waals surface area contributed by atoms with Crippen LogP contribution >= 0.6 is 147 Å². The first kappa shape index (κ1) is 108. The normalized spacial score (nSPS) is 20.6. The third kappa shape index (κ3) is 34.7. The number of hydrogen-bond acceptors (Lipinski definition) is 14. The van der Waals surface area contributed by atoms with Crippen LogP contribution in [0.5, 0.6) is 5.75 Å². The summed E-state index contributed by atoms with van der Waals surface area (Å²) in [6.07, 6.45) is 14.3. The van der Waals surface area contributed by atoms with Crippen LogP contribution in [0, 0.1) is 23.2 Å². The van der Waals surface area contributed by atoms with Gasteiger partial charge in [0.1, 0.15) is 11.8 Å². The number of aromatic amines is 1. The summed E-state index contributed by atoms with van der Waals surface area (Å²) in [5.74, 6) is 7.43. The van der Waals surface area contributed by atoms with Gasteiger partial charge < -0.3 is 64.7 Å². The molecule has 1 saturated heterocycles. The van der Waals surface area contributed by atoms with Crippen LogP contribution in [-0.2, 0) is 49.2 Å². The first-order valence-corrected chi connectivity index (χ1v) is 50.0. The fraction of sp³-hybridized carbons (Fsp3) is 0.632. The molecule has 0 bridgehead atoms. The number of likely N-dealkylation sites (N-methyl/N-ethyl adjacent to an activating group) is 1. The summed E-state index contributed by atoms with van der Waals surface area (Å²) < 4.78 is 24.8. The zero-order chi connectivity index (χ0) is 89.0. The zero-order valence-corrected chi connectivity index (χ0v) is 81.1. The molecule has 4 aromatic carbocycles. The van der Waals surface area contributed by atoms with E-state index in [1.807, 2.05) is 79.7 Å². The third-order valence-electron chi connectivity index (χ3n) is 23.0.